The first-order valence-corrected chi connectivity index (χ1v) is 12.1. The molecule has 8 heteroatoms. The predicted octanol–water partition coefficient (Wildman–Crippen LogP) is 3.86. The Morgan fingerprint density at radius 2 is 1.78 bits per heavy atom. The Labute approximate surface area is 218 Å². The first-order chi connectivity index (χ1) is 17.1. The smallest absolute Gasteiger partial charge is 0.408 e. The number of carbonyl (C=O) groups is 3. The number of thiol groups is 1. The Balaban J connectivity index is 2.43. The van der Waals surface area contributed by atoms with E-state index in [0.29, 0.717) is 11.1 Å². The molecule has 3 amide bonds. The molecule has 0 fully saturated rings. The van der Waals surface area contributed by atoms with Gasteiger partial charge in [-0.05, 0) is 38.0 Å². The summed E-state index contributed by atoms with van der Waals surface area (Å²) in [6.45, 7) is 9.20. The van der Waals surface area contributed by atoms with Gasteiger partial charge in [0.15, 0.2) is 0 Å². The fourth-order valence-electron chi connectivity index (χ4n) is 3.50. The average molecular weight is 508 g/mol. The normalized spacial score (nSPS) is 12.4. The third-order valence-corrected chi connectivity index (χ3v) is 5.43. The molecule has 0 heterocycles. The second-order valence-corrected chi connectivity index (χ2v) is 9.36. The summed E-state index contributed by atoms with van der Waals surface area (Å²) in [6, 6.07) is 14.2. The van der Waals surface area contributed by atoms with Crippen LogP contribution in [0.2, 0.25) is 0 Å². The van der Waals surface area contributed by atoms with Crippen LogP contribution in [0.1, 0.15) is 43.5 Å². The highest BCUT2D eigenvalue weighted by molar-refractivity contribution is 7.80. The lowest BCUT2D eigenvalue weighted by atomic mass is 9.97. The number of amides is 3. The zero-order chi connectivity index (χ0) is 26.7. The molecule has 2 N–H and O–H groups in total. The van der Waals surface area contributed by atoms with Gasteiger partial charge in [-0.1, -0.05) is 60.5 Å². The number of hydrogen-bond acceptors (Lipinski definition) is 5. The number of carbonyl (C=O) groups excluding carboxylic acids is 3. The van der Waals surface area contributed by atoms with Crippen LogP contribution < -0.4 is 10.6 Å². The molecule has 0 aliphatic carbocycles. The number of ether oxygens (including phenoxy) is 1. The Morgan fingerprint density at radius 3 is 2.36 bits per heavy atom. The molecule has 0 aromatic heterocycles. The van der Waals surface area contributed by atoms with Crippen LogP contribution in [0.25, 0.3) is 0 Å². The van der Waals surface area contributed by atoms with Gasteiger partial charge in [0, 0.05) is 24.4 Å². The highest BCUT2D eigenvalue weighted by Gasteiger charge is 2.36. The van der Waals surface area contributed by atoms with Gasteiger partial charge in [0.1, 0.15) is 17.7 Å². The predicted molar refractivity (Wildman–Crippen MR) is 144 cm³/mol. The summed E-state index contributed by atoms with van der Waals surface area (Å²) in [7, 11) is 0. The van der Waals surface area contributed by atoms with Gasteiger partial charge < -0.3 is 20.3 Å². The number of hydrogen-bond donors (Lipinski definition) is 3. The van der Waals surface area contributed by atoms with Gasteiger partial charge in [-0.25, -0.2) is 4.79 Å². The quantitative estimate of drug-likeness (QED) is 0.259. The number of benzene rings is 2. The molecule has 2 aromatic rings. The van der Waals surface area contributed by atoms with E-state index in [-0.39, 0.29) is 18.8 Å². The van der Waals surface area contributed by atoms with Crippen LogP contribution >= 0.6 is 12.6 Å². The topological polar surface area (TPSA) is 87.7 Å². The van der Waals surface area contributed by atoms with Crippen molar-refractivity contribution in [3.05, 3.63) is 83.9 Å². The zero-order valence-corrected chi connectivity index (χ0v) is 21.8. The third-order valence-electron chi connectivity index (χ3n) is 5.06. The van der Waals surface area contributed by atoms with Gasteiger partial charge in [0.2, 0.25) is 11.8 Å². The van der Waals surface area contributed by atoms with Gasteiger partial charge in [-0.3, -0.25) is 9.59 Å². The van der Waals surface area contributed by atoms with Crippen LogP contribution in [0.15, 0.2) is 67.3 Å². The highest BCUT2D eigenvalue weighted by Crippen LogP contribution is 2.26. The Bertz CT molecular complexity index is 1110. The van der Waals surface area contributed by atoms with Crippen molar-refractivity contribution >= 4 is 30.5 Å². The molecular weight excluding hydrogens is 474 g/mol. The lowest BCUT2D eigenvalue weighted by Crippen LogP contribution is -2.53. The molecule has 0 aliphatic heterocycles. The zero-order valence-electron chi connectivity index (χ0n) is 20.9. The van der Waals surface area contributed by atoms with Crippen molar-refractivity contribution in [1.82, 2.24) is 15.5 Å². The molecule has 7 nitrogen and oxygen atoms in total. The molecule has 36 heavy (non-hydrogen) atoms. The number of rotatable bonds is 10. The first-order valence-electron chi connectivity index (χ1n) is 11.5. The van der Waals surface area contributed by atoms with E-state index < -0.39 is 35.6 Å². The highest BCUT2D eigenvalue weighted by atomic mass is 32.1. The molecule has 0 saturated carbocycles. The van der Waals surface area contributed by atoms with E-state index in [1.54, 1.807) is 45.0 Å². The van der Waals surface area contributed by atoms with Crippen molar-refractivity contribution in [2.24, 2.45) is 0 Å². The molecule has 2 rings (SSSR count). The fraction of sp³-hybridized carbons (Fsp3) is 0.321. The van der Waals surface area contributed by atoms with Crippen molar-refractivity contribution in [3.8, 4) is 12.3 Å². The molecule has 190 valence electrons. The molecule has 0 spiro atoms. The molecular formula is C28H33N3O4S. The van der Waals surface area contributed by atoms with Crippen LogP contribution in [-0.4, -0.2) is 46.7 Å². The maximum atomic E-state index is 13.7. The Morgan fingerprint density at radius 1 is 1.14 bits per heavy atom. The molecule has 0 saturated heterocycles. The summed E-state index contributed by atoms with van der Waals surface area (Å²) < 4.78 is 5.30. The van der Waals surface area contributed by atoms with E-state index >= 15 is 0 Å². The molecule has 2 unspecified atom stereocenters. The monoisotopic (exact) mass is 507 g/mol. The third kappa shape index (κ3) is 8.21. The fourth-order valence-corrected chi connectivity index (χ4v) is 3.74. The Kier molecular flexibility index (Phi) is 10.6. The van der Waals surface area contributed by atoms with Crippen molar-refractivity contribution in [3.63, 3.8) is 0 Å². The van der Waals surface area contributed by atoms with E-state index in [9.17, 15) is 14.4 Å². The summed E-state index contributed by atoms with van der Waals surface area (Å²) >= 11 is 4.26. The summed E-state index contributed by atoms with van der Waals surface area (Å²) in [5.74, 6) is 1.63. The van der Waals surface area contributed by atoms with Gasteiger partial charge >= 0.3 is 6.09 Å². The summed E-state index contributed by atoms with van der Waals surface area (Å²) in [6.07, 6.45) is 6.47. The van der Waals surface area contributed by atoms with Gasteiger partial charge in [-0.2, -0.15) is 12.6 Å². The summed E-state index contributed by atoms with van der Waals surface area (Å²) in [5.41, 5.74) is 1.11. The Hall–Kier alpha value is -3.70. The largest absolute Gasteiger partial charge is 0.444 e. The lowest BCUT2D eigenvalue weighted by molar-refractivity contribution is -0.141. The summed E-state index contributed by atoms with van der Waals surface area (Å²) in [4.78, 5) is 41.0. The minimum absolute atomic E-state index is 0.0130. The average Bonchev–Trinajstić information content (AvgIpc) is 2.85. The maximum Gasteiger partial charge on any atom is 0.408 e. The van der Waals surface area contributed by atoms with E-state index in [1.165, 1.54) is 11.0 Å². The second kappa shape index (κ2) is 13.4. The van der Waals surface area contributed by atoms with E-state index in [2.05, 4.69) is 35.8 Å². The van der Waals surface area contributed by atoms with Gasteiger partial charge in [-0.15, -0.1) is 13.0 Å². The first kappa shape index (κ1) is 28.5. The van der Waals surface area contributed by atoms with Crippen molar-refractivity contribution in [2.45, 2.75) is 45.0 Å². The SMILES string of the molecule is C#Cc1ccccc1C(C(=O)NCc1ccccc1)N(CC=C)C(=O)C(CS)NC(=O)OC(C)(C)C. The van der Waals surface area contributed by atoms with E-state index in [4.69, 9.17) is 11.2 Å². The van der Waals surface area contributed by atoms with Gasteiger partial charge in [0.25, 0.3) is 0 Å². The van der Waals surface area contributed by atoms with Crippen molar-refractivity contribution < 1.29 is 19.1 Å². The van der Waals surface area contributed by atoms with E-state index in [0.717, 1.165) is 5.56 Å². The molecule has 2 atom stereocenters. The van der Waals surface area contributed by atoms with Crippen LogP contribution in [0.5, 0.6) is 0 Å². The second-order valence-electron chi connectivity index (χ2n) is 9.00. The maximum absolute atomic E-state index is 13.7. The van der Waals surface area contributed by atoms with Gasteiger partial charge in [0.05, 0.1) is 0 Å². The van der Waals surface area contributed by atoms with Crippen molar-refractivity contribution in [2.75, 3.05) is 12.3 Å². The van der Waals surface area contributed by atoms with Crippen LogP contribution in [-0.2, 0) is 20.9 Å². The lowest BCUT2D eigenvalue weighted by Gasteiger charge is -2.34. The number of alkyl carbamates (subject to hydrolysis) is 1. The number of nitrogens with one attached hydrogen (secondary N) is 2. The standard InChI is InChI=1S/C28H33N3O4S/c1-6-17-31(26(33)23(19-36)30-27(34)35-28(3,4)5)24(22-16-12-11-15-21(22)7-2)25(32)29-18-20-13-9-8-10-14-20/h2,6,8-16,23-24,36H,1,17-19H2,3-5H3,(H,29,32)(H,30,34). The van der Waals surface area contributed by atoms with Crippen LogP contribution in [0, 0.1) is 12.3 Å². The molecule has 0 bridgehead atoms. The molecule has 2 aromatic carbocycles. The summed E-state index contributed by atoms with van der Waals surface area (Å²) in [5, 5.41) is 5.46. The minimum atomic E-state index is -1.07. The molecule has 0 aliphatic rings. The van der Waals surface area contributed by atoms with Crippen LogP contribution in [0.3, 0.4) is 0 Å². The van der Waals surface area contributed by atoms with Crippen molar-refractivity contribution in [1.29, 1.82) is 0 Å². The van der Waals surface area contributed by atoms with E-state index in [1.807, 2.05) is 30.3 Å². The number of nitrogens with zero attached hydrogens (tertiary/aromatic N) is 1. The van der Waals surface area contributed by atoms with Crippen LogP contribution in [0.4, 0.5) is 4.79 Å². The molecule has 0 radical (unpaired) electrons. The minimum Gasteiger partial charge on any atom is -0.444 e. The number of terminal acetylenes is 1.